The van der Waals surface area contributed by atoms with Crippen molar-refractivity contribution in [2.24, 2.45) is 4.99 Å². The van der Waals surface area contributed by atoms with Gasteiger partial charge in [-0.05, 0) is 30.7 Å². The summed E-state index contributed by atoms with van der Waals surface area (Å²) in [6, 6.07) is 15.8. The Bertz CT molecular complexity index is 1040. The molecule has 1 aliphatic rings. The predicted molar refractivity (Wildman–Crippen MR) is 116 cm³/mol. The van der Waals surface area contributed by atoms with Crippen LogP contribution >= 0.6 is 0 Å². The molecule has 2 aromatic carbocycles. The van der Waals surface area contributed by atoms with E-state index >= 15 is 0 Å². The molecule has 3 unspecified atom stereocenters. The maximum absolute atomic E-state index is 11.3. The topological polar surface area (TPSA) is 132 Å². The molecule has 0 saturated carbocycles. The zero-order chi connectivity index (χ0) is 23.1. The number of hydrogen-bond acceptors (Lipinski definition) is 7. The van der Waals surface area contributed by atoms with Gasteiger partial charge in [-0.25, -0.2) is 0 Å². The first-order valence-electron chi connectivity index (χ1n) is 9.94. The number of aliphatic hydroxyl groups is 1. The number of ether oxygens (including phenoxy) is 3. The Labute approximate surface area is 186 Å². The summed E-state index contributed by atoms with van der Waals surface area (Å²) in [7, 11) is 2.91. The van der Waals surface area contributed by atoms with E-state index in [2.05, 4.69) is 21.7 Å². The molecule has 9 nitrogen and oxygen atoms in total. The maximum Gasteiger partial charge on any atom is 0.209 e. The van der Waals surface area contributed by atoms with Crippen molar-refractivity contribution in [2.45, 2.75) is 37.5 Å². The summed E-state index contributed by atoms with van der Waals surface area (Å²) in [6.45, 7) is 2.08. The Kier molecular flexibility index (Phi) is 7.29. The van der Waals surface area contributed by atoms with Gasteiger partial charge in [-0.15, -0.1) is 4.99 Å². The van der Waals surface area contributed by atoms with Crippen molar-refractivity contribution < 1.29 is 19.3 Å². The van der Waals surface area contributed by atoms with Crippen LogP contribution in [0.4, 0.5) is 0 Å². The van der Waals surface area contributed by atoms with Crippen LogP contribution in [0.5, 0.6) is 5.75 Å². The van der Waals surface area contributed by atoms with Crippen molar-refractivity contribution in [1.82, 2.24) is 10.6 Å². The quantitative estimate of drug-likeness (QED) is 0.271. The van der Waals surface area contributed by atoms with E-state index in [1.165, 1.54) is 14.2 Å². The lowest BCUT2D eigenvalue weighted by molar-refractivity contribution is -0.238. The minimum absolute atomic E-state index is 0.171. The molecule has 0 radical (unpaired) electrons. The normalized spacial score (nSPS) is 22.3. The monoisotopic (exact) mass is 435 g/mol. The number of hydrogen-bond donors (Lipinski definition) is 3. The molecule has 0 spiro atoms. The van der Waals surface area contributed by atoms with Gasteiger partial charge in [0.2, 0.25) is 12.2 Å². The number of nitrogens with one attached hydrogen (secondary N) is 2. The molecular weight excluding hydrogens is 410 g/mol. The molecule has 166 valence electrons. The summed E-state index contributed by atoms with van der Waals surface area (Å²) in [4.78, 5) is 3.84. The highest BCUT2D eigenvalue weighted by Gasteiger charge is 2.52. The molecule has 2 aromatic rings. The Balaban J connectivity index is 1.96. The maximum atomic E-state index is 11.3. The molecule has 1 aliphatic heterocycles. The molecule has 0 aliphatic carbocycles. The van der Waals surface area contributed by atoms with E-state index in [9.17, 15) is 15.6 Å². The number of methoxy groups -OCH3 is 2. The number of fused-ring (bicyclic) bond motifs is 1. The van der Waals surface area contributed by atoms with Crippen LogP contribution in [-0.4, -0.2) is 43.3 Å². The second kappa shape index (κ2) is 10.1. The van der Waals surface area contributed by atoms with E-state index in [1.807, 2.05) is 30.3 Å². The zero-order valence-corrected chi connectivity index (χ0v) is 18.1. The number of aliphatic hydroxyl groups excluding tert-OH is 1. The van der Waals surface area contributed by atoms with Crippen LogP contribution in [0.3, 0.4) is 0 Å². The highest BCUT2D eigenvalue weighted by atomic mass is 16.7. The first-order chi connectivity index (χ1) is 15.5. The van der Waals surface area contributed by atoms with Crippen LogP contribution in [-0.2, 0) is 16.0 Å². The molecule has 0 bridgehead atoms. The molecule has 9 heteroatoms. The third-order valence-corrected chi connectivity index (χ3v) is 5.36. The fourth-order valence-electron chi connectivity index (χ4n) is 3.76. The third-order valence-electron chi connectivity index (χ3n) is 5.36. The average Bonchev–Trinajstić information content (AvgIpc) is 2.81. The standard InChI is InChI=1S/C23H25N5O4/c1-23(21(30-2)31-3)20(29)19(17-11-16(12-24)9-10-18(17)32-23)28-22(27-14-25)26-13-15-7-5-4-6-8-15/h4-11,19-21,29H,13H2,1-3H3,(H2,26,27,28). The van der Waals surface area contributed by atoms with E-state index in [4.69, 9.17) is 14.2 Å². The van der Waals surface area contributed by atoms with Crippen LogP contribution in [0.25, 0.3) is 0 Å². The average molecular weight is 435 g/mol. The molecule has 0 fully saturated rings. The van der Waals surface area contributed by atoms with Gasteiger partial charge in [-0.1, -0.05) is 30.3 Å². The first kappa shape index (κ1) is 23.0. The molecule has 3 rings (SSSR count). The number of nitrogens with zero attached hydrogens (tertiary/aromatic N) is 3. The summed E-state index contributed by atoms with van der Waals surface area (Å²) < 4.78 is 16.9. The van der Waals surface area contributed by atoms with Crippen LogP contribution in [0.2, 0.25) is 0 Å². The Morgan fingerprint density at radius 2 is 1.94 bits per heavy atom. The smallest absolute Gasteiger partial charge is 0.209 e. The van der Waals surface area contributed by atoms with Gasteiger partial charge in [0.25, 0.3) is 0 Å². The van der Waals surface area contributed by atoms with Crippen LogP contribution in [0.15, 0.2) is 53.5 Å². The van der Waals surface area contributed by atoms with E-state index < -0.39 is 24.0 Å². The molecule has 3 atom stereocenters. The minimum atomic E-state index is -1.29. The fourth-order valence-corrected chi connectivity index (χ4v) is 3.76. The van der Waals surface area contributed by atoms with Gasteiger partial charge in [0.15, 0.2) is 11.9 Å². The summed E-state index contributed by atoms with van der Waals surface area (Å²) in [6.07, 6.45) is -0.304. The number of aliphatic imine (C=N–C) groups is 1. The summed E-state index contributed by atoms with van der Waals surface area (Å²) >= 11 is 0. The van der Waals surface area contributed by atoms with Gasteiger partial charge >= 0.3 is 0 Å². The number of benzene rings is 2. The number of rotatable bonds is 6. The lowest BCUT2D eigenvalue weighted by Crippen LogP contribution is -2.62. The summed E-state index contributed by atoms with van der Waals surface area (Å²) in [5.74, 6) is 0.622. The van der Waals surface area contributed by atoms with Gasteiger partial charge in [0.1, 0.15) is 11.9 Å². The second-order valence-electron chi connectivity index (χ2n) is 7.42. The molecule has 32 heavy (non-hydrogen) atoms. The van der Waals surface area contributed by atoms with Gasteiger partial charge in [-0.3, -0.25) is 0 Å². The van der Waals surface area contributed by atoms with Crippen molar-refractivity contribution in [1.29, 1.82) is 10.5 Å². The van der Waals surface area contributed by atoms with E-state index in [0.717, 1.165) is 5.56 Å². The lowest BCUT2D eigenvalue weighted by Gasteiger charge is -2.46. The SMILES string of the molecule is COC(OC)C1(C)Oc2ccc(C#N)cc2C(NC(=NC#N)NCc2ccccc2)C1O. The molecule has 0 amide bonds. The summed E-state index contributed by atoms with van der Waals surface area (Å²) in [5.41, 5.74) is 0.649. The van der Waals surface area contributed by atoms with Crippen molar-refractivity contribution in [3.63, 3.8) is 0 Å². The highest BCUT2D eigenvalue weighted by Crippen LogP contribution is 2.42. The largest absolute Gasteiger partial charge is 0.479 e. The van der Waals surface area contributed by atoms with E-state index in [1.54, 1.807) is 31.3 Å². The highest BCUT2D eigenvalue weighted by molar-refractivity contribution is 5.81. The molecular formula is C23H25N5O4. The number of nitriles is 2. The molecule has 0 aromatic heterocycles. The third kappa shape index (κ3) is 4.66. The molecule has 3 N–H and O–H groups in total. The van der Waals surface area contributed by atoms with Crippen LogP contribution in [0, 0.1) is 22.8 Å². The predicted octanol–water partition coefficient (Wildman–Crippen LogP) is 1.95. The summed E-state index contributed by atoms with van der Waals surface area (Å²) in [5, 5.41) is 36.1. The molecule has 1 heterocycles. The number of guanidine groups is 1. The van der Waals surface area contributed by atoms with E-state index in [-0.39, 0.29) is 5.96 Å². The van der Waals surface area contributed by atoms with Crippen LogP contribution < -0.4 is 15.4 Å². The lowest BCUT2D eigenvalue weighted by atomic mass is 9.84. The van der Waals surface area contributed by atoms with Gasteiger partial charge in [0, 0.05) is 26.3 Å². The van der Waals surface area contributed by atoms with Gasteiger partial charge in [-0.2, -0.15) is 10.5 Å². The molecule has 0 saturated heterocycles. The Morgan fingerprint density at radius 3 is 2.56 bits per heavy atom. The Morgan fingerprint density at radius 1 is 1.22 bits per heavy atom. The minimum Gasteiger partial charge on any atom is -0.479 e. The van der Waals surface area contributed by atoms with Crippen molar-refractivity contribution in [3.05, 3.63) is 65.2 Å². The fraction of sp³-hybridized carbons (Fsp3) is 0.348. The van der Waals surface area contributed by atoms with Crippen molar-refractivity contribution >= 4 is 5.96 Å². The second-order valence-corrected chi connectivity index (χ2v) is 7.42. The van der Waals surface area contributed by atoms with Gasteiger partial charge in [0.05, 0.1) is 17.7 Å². The zero-order valence-electron chi connectivity index (χ0n) is 18.1. The van der Waals surface area contributed by atoms with Crippen molar-refractivity contribution in [2.75, 3.05) is 14.2 Å². The van der Waals surface area contributed by atoms with Crippen molar-refractivity contribution in [3.8, 4) is 18.0 Å². The van der Waals surface area contributed by atoms with Crippen LogP contribution in [0.1, 0.15) is 29.7 Å². The first-order valence-corrected chi connectivity index (χ1v) is 9.94. The van der Waals surface area contributed by atoms with E-state index in [0.29, 0.717) is 23.4 Å². The Hall–Kier alpha value is -3.63. The van der Waals surface area contributed by atoms with Gasteiger partial charge < -0.3 is 30.0 Å².